The lowest BCUT2D eigenvalue weighted by Crippen LogP contribution is -2.74. The Balaban J connectivity index is 1.79. The molecule has 8 atom stereocenters. The van der Waals surface area contributed by atoms with Gasteiger partial charge in [0.05, 0.1) is 0 Å². The number of hydrogen-bond donors (Lipinski definition) is 0. The number of esters is 1. The first-order valence-corrected chi connectivity index (χ1v) is 9.13. The highest BCUT2D eigenvalue weighted by Gasteiger charge is 2.73. The Morgan fingerprint density at radius 1 is 1.21 bits per heavy atom. The molecule has 4 saturated heterocycles. The standard InChI is InChI=1S/C17H25ClO6/c1-9-5-6-12-16(4,18)13(20-10(2)19)21-14-17(12)11(9)7-8-15(3,22-14)23-24-17/h9,11-14H,5-8H2,1-4H3/t9-,11?,12?,13?,14?,15+,16-,17?/m1/s1. The maximum Gasteiger partial charge on any atom is 0.305 e. The lowest BCUT2D eigenvalue weighted by atomic mass is 9.58. The average molecular weight is 361 g/mol. The van der Waals surface area contributed by atoms with Crippen molar-refractivity contribution in [2.45, 2.75) is 82.2 Å². The summed E-state index contributed by atoms with van der Waals surface area (Å²) in [5.41, 5.74) is -0.763. The van der Waals surface area contributed by atoms with Gasteiger partial charge in [-0.3, -0.25) is 4.79 Å². The number of alkyl halides is 1. The number of carbonyl (C=O) groups excluding carboxylic acids is 1. The maximum absolute atomic E-state index is 11.5. The topological polar surface area (TPSA) is 63.2 Å². The molecule has 5 unspecified atom stereocenters. The summed E-state index contributed by atoms with van der Waals surface area (Å²) in [6.07, 6.45) is 2.01. The number of halogens is 1. The minimum absolute atomic E-state index is 0.0985. The fraction of sp³-hybridized carbons (Fsp3) is 0.941. The van der Waals surface area contributed by atoms with Crippen molar-refractivity contribution in [2.75, 3.05) is 0 Å². The van der Waals surface area contributed by atoms with Crippen molar-refractivity contribution in [3.63, 3.8) is 0 Å². The van der Waals surface area contributed by atoms with Crippen molar-refractivity contribution in [1.82, 2.24) is 0 Å². The van der Waals surface area contributed by atoms with Crippen LogP contribution in [-0.4, -0.2) is 34.8 Å². The van der Waals surface area contributed by atoms with Crippen LogP contribution in [0.4, 0.5) is 0 Å². The molecule has 1 saturated carbocycles. The molecule has 4 aliphatic heterocycles. The van der Waals surface area contributed by atoms with E-state index in [9.17, 15) is 4.79 Å². The molecule has 7 heteroatoms. The largest absolute Gasteiger partial charge is 0.434 e. The molecule has 6 nitrogen and oxygen atoms in total. The molecule has 1 spiro atoms. The molecule has 0 aromatic heterocycles. The number of fused-ring (bicyclic) bond motifs is 2. The molecule has 0 radical (unpaired) electrons. The van der Waals surface area contributed by atoms with Gasteiger partial charge in [0.2, 0.25) is 12.1 Å². The Morgan fingerprint density at radius 3 is 2.67 bits per heavy atom. The Kier molecular flexibility index (Phi) is 3.76. The first-order chi connectivity index (χ1) is 11.2. The second-order valence-corrected chi connectivity index (χ2v) is 8.90. The normalized spacial score (nSPS) is 56.3. The summed E-state index contributed by atoms with van der Waals surface area (Å²) < 4.78 is 17.6. The molecule has 0 aromatic rings. The van der Waals surface area contributed by atoms with Gasteiger partial charge >= 0.3 is 5.97 Å². The van der Waals surface area contributed by atoms with Gasteiger partial charge in [0, 0.05) is 19.3 Å². The van der Waals surface area contributed by atoms with Gasteiger partial charge in [0.15, 0.2) is 11.9 Å². The van der Waals surface area contributed by atoms with E-state index in [0.717, 1.165) is 25.7 Å². The second-order valence-electron chi connectivity index (χ2n) is 8.08. The molecule has 136 valence electrons. The van der Waals surface area contributed by atoms with Gasteiger partial charge < -0.3 is 14.2 Å². The van der Waals surface area contributed by atoms with Crippen LogP contribution in [0.25, 0.3) is 0 Å². The van der Waals surface area contributed by atoms with Gasteiger partial charge in [-0.1, -0.05) is 6.92 Å². The van der Waals surface area contributed by atoms with Crippen LogP contribution < -0.4 is 0 Å². The van der Waals surface area contributed by atoms with Crippen molar-refractivity contribution in [1.29, 1.82) is 0 Å². The van der Waals surface area contributed by atoms with Crippen LogP contribution >= 0.6 is 11.6 Å². The third-order valence-electron chi connectivity index (χ3n) is 6.38. The van der Waals surface area contributed by atoms with Crippen LogP contribution in [0.15, 0.2) is 0 Å². The van der Waals surface area contributed by atoms with Crippen LogP contribution in [0.5, 0.6) is 0 Å². The smallest absolute Gasteiger partial charge is 0.305 e. The zero-order chi connectivity index (χ0) is 17.3. The highest BCUT2D eigenvalue weighted by atomic mass is 35.5. The average Bonchev–Trinajstić information content (AvgIpc) is 2.70. The van der Waals surface area contributed by atoms with Gasteiger partial charge in [0.1, 0.15) is 4.87 Å². The van der Waals surface area contributed by atoms with Gasteiger partial charge in [-0.05, 0) is 44.9 Å². The van der Waals surface area contributed by atoms with Gasteiger partial charge in [-0.15, -0.1) is 11.6 Å². The third-order valence-corrected chi connectivity index (χ3v) is 6.82. The zero-order valence-corrected chi connectivity index (χ0v) is 15.3. The molecular weight excluding hydrogens is 336 g/mol. The summed E-state index contributed by atoms with van der Waals surface area (Å²) in [4.78, 5) is 22.3. The van der Waals surface area contributed by atoms with E-state index >= 15 is 0 Å². The van der Waals surface area contributed by atoms with Gasteiger partial charge in [-0.25, -0.2) is 9.78 Å². The minimum atomic E-state index is -0.911. The fourth-order valence-corrected chi connectivity index (χ4v) is 5.52. The Hall–Kier alpha value is -0.400. The first kappa shape index (κ1) is 17.0. The van der Waals surface area contributed by atoms with Crippen LogP contribution in [-0.2, 0) is 28.8 Å². The van der Waals surface area contributed by atoms with E-state index in [2.05, 4.69) is 6.92 Å². The van der Waals surface area contributed by atoms with E-state index in [1.165, 1.54) is 6.92 Å². The number of rotatable bonds is 1. The summed E-state index contributed by atoms with van der Waals surface area (Å²) in [5, 5.41) is 0. The van der Waals surface area contributed by atoms with Crippen LogP contribution in [0.3, 0.4) is 0 Å². The van der Waals surface area contributed by atoms with E-state index in [0.29, 0.717) is 5.92 Å². The lowest BCUT2D eigenvalue weighted by Gasteiger charge is -2.61. The lowest BCUT2D eigenvalue weighted by molar-refractivity contribution is -0.574. The predicted octanol–water partition coefficient (Wildman–Crippen LogP) is 3.12. The van der Waals surface area contributed by atoms with Crippen LogP contribution in [0, 0.1) is 17.8 Å². The summed E-state index contributed by atoms with van der Waals surface area (Å²) in [6, 6.07) is 0. The molecule has 1 aliphatic carbocycles. The Labute approximate surface area is 147 Å². The zero-order valence-electron chi connectivity index (χ0n) is 14.5. The molecule has 0 amide bonds. The summed E-state index contributed by atoms with van der Waals surface area (Å²) in [5.74, 6) is -0.692. The number of ether oxygens (including phenoxy) is 3. The quantitative estimate of drug-likeness (QED) is 0.406. The summed E-state index contributed by atoms with van der Waals surface area (Å²) >= 11 is 6.90. The first-order valence-electron chi connectivity index (χ1n) is 8.75. The van der Waals surface area contributed by atoms with E-state index in [-0.39, 0.29) is 11.8 Å². The van der Waals surface area contributed by atoms with E-state index in [1.54, 1.807) is 0 Å². The van der Waals surface area contributed by atoms with E-state index in [4.69, 9.17) is 35.6 Å². The van der Waals surface area contributed by atoms with Gasteiger partial charge in [-0.2, -0.15) is 0 Å². The van der Waals surface area contributed by atoms with Crippen molar-refractivity contribution in [2.24, 2.45) is 17.8 Å². The molecule has 5 aliphatic rings. The van der Waals surface area contributed by atoms with Crippen molar-refractivity contribution < 1.29 is 28.8 Å². The molecular formula is C17H25ClO6. The molecule has 5 rings (SSSR count). The van der Waals surface area contributed by atoms with Gasteiger partial charge in [0.25, 0.3) is 0 Å². The minimum Gasteiger partial charge on any atom is -0.434 e. The highest BCUT2D eigenvalue weighted by molar-refractivity contribution is 6.24. The van der Waals surface area contributed by atoms with Crippen molar-refractivity contribution >= 4 is 17.6 Å². The van der Waals surface area contributed by atoms with Crippen LogP contribution in [0.1, 0.15) is 53.4 Å². The Morgan fingerprint density at radius 2 is 1.96 bits per heavy atom. The second kappa shape index (κ2) is 5.30. The summed E-state index contributed by atoms with van der Waals surface area (Å²) in [7, 11) is 0. The monoisotopic (exact) mass is 360 g/mol. The third kappa shape index (κ3) is 2.20. The number of hydrogen-bond acceptors (Lipinski definition) is 6. The molecule has 0 aromatic carbocycles. The molecule has 2 bridgehead atoms. The fourth-order valence-electron chi connectivity index (χ4n) is 5.15. The predicted molar refractivity (Wildman–Crippen MR) is 83.7 cm³/mol. The highest BCUT2D eigenvalue weighted by Crippen LogP contribution is 2.62. The van der Waals surface area contributed by atoms with Crippen LogP contribution in [0.2, 0.25) is 0 Å². The van der Waals surface area contributed by atoms with Crippen molar-refractivity contribution in [3.8, 4) is 0 Å². The van der Waals surface area contributed by atoms with E-state index in [1.807, 2.05) is 13.8 Å². The summed E-state index contributed by atoms with van der Waals surface area (Å²) in [6.45, 7) is 7.30. The van der Waals surface area contributed by atoms with E-state index < -0.39 is 34.8 Å². The molecule has 4 heterocycles. The SMILES string of the molecule is CC(=O)OC1OC2O[C@]3(C)CCC4[C@H](C)CCC(C24OO3)[C@@]1(C)Cl. The Bertz CT molecular complexity index is 553. The maximum atomic E-state index is 11.5. The molecule has 0 N–H and O–H groups in total. The van der Waals surface area contributed by atoms with Crippen molar-refractivity contribution in [3.05, 3.63) is 0 Å². The molecule has 24 heavy (non-hydrogen) atoms. The number of carbonyl (C=O) groups is 1. The molecule has 5 fully saturated rings.